The fourth-order valence-electron chi connectivity index (χ4n) is 2.70. The molecule has 1 unspecified atom stereocenters. The number of hydrogen-bond donors (Lipinski definition) is 1. The van der Waals surface area contributed by atoms with E-state index in [0.29, 0.717) is 51.9 Å². The zero-order valence-corrected chi connectivity index (χ0v) is 18.4. The summed E-state index contributed by atoms with van der Waals surface area (Å²) in [5, 5.41) is 0. The van der Waals surface area contributed by atoms with E-state index in [1.54, 1.807) is 4.90 Å². The number of nitrogens with two attached hydrogens (primary N) is 1. The van der Waals surface area contributed by atoms with Gasteiger partial charge in [-0.25, -0.2) is 4.79 Å². The van der Waals surface area contributed by atoms with Gasteiger partial charge in [-0.05, 0) is 33.6 Å². The highest BCUT2D eigenvalue weighted by atomic mass is 127. The summed E-state index contributed by atoms with van der Waals surface area (Å²) in [7, 11) is 0. The molecule has 2 fully saturated rings. The van der Waals surface area contributed by atoms with E-state index in [1.165, 1.54) is 0 Å². The monoisotopic (exact) mass is 484 g/mol. The van der Waals surface area contributed by atoms with Crippen LogP contribution in [0.2, 0.25) is 0 Å². The molecule has 0 spiro atoms. The third-order valence-corrected chi connectivity index (χ3v) is 4.07. The molecule has 0 radical (unpaired) electrons. The molecule has 0 aromatic rings. The Kier molecular flexibility index (Phi) is 9.94. The van der Waals surface area contributed by atoms with Crippen LogP contribution in [0, 0.1) is 0 Å². The van der Waals surface area contributed by atoms with Crippen LogP contribution in [0.25, 0.3) is 0 Å². The second-order valence-electron chi connectivity index (χ2n) is 7.40. The minimum absolute atomic E-state index is 0. The van der Waals surface area contributed by atoms with Crippen LogP contribution in [-0.2, 0) is 14.2 Å². The second-order valence-corrected chi connectivity index (χ2v) is 7.40. The lowest BCUT2D eigenvalue weighted by atomic mass is 10.2. The van der Waals surface area contributed by atoms with E-state index in [2.05, 4.69) is 4.99 Å². The molecule has 152 valence electrons. The normalized spacial score (nSPS) is 21.5. The van der Waals surface area contributed by atoms with Crippen molar-refractivity contribution in [2.24, 2.45) is 10.7 Å². The number of hydrogen-bond acceptors (Lipinski definition) is 5. The Balaban J connectivity index is 0.00000338. The average Bonchev–Trinajstić information content (AvgIpc) is 3.06. The highest BCUT2D eigenvalue weighted by Crippen LogP contribution is 2.12. The third-order valence-electron chi connectivity index (χ3n) is 4.07. The van der Waals surface area contributed by atoms with Crippen LogP contribution >= 0.6 is 24.0 Å². The van der Waals surface area contributed by atoms with Gasteiger partial charge in [0.1, 0.15) is 5.60 Å². The molecule has 1 amide bonds. The van der Waals surface area contributed by atoms with E-state index in [0.717, 1.165) is 19.4 Å². The summed E-state index contributed by atoms with van der Waals surface area (Å²) in [5.41, 5.74) is 5.59. The lowest BCUT2D eigenvalue weighted by Gasteiger charge is -2.36. The highest BCUT2D eigenvalue weighted by Gasteiger charge is 2.26. The topological polar surface area (TPSA) is 89.6 Å². The lowest BCUT2D eigenvalue weighted by molar-refractivity contribution is 0.0186. The Morgan fingerprint density at radius 3 is 2.46 bits per heavy atom. The number of nitrogens with zero attached hydrogens (tertiary/aromatic N) is 3. The van der Waals surface area contributed by atoms with Crippen molar-refractivity contribution in [3.05, 3.63) is 0 Å². The van der Waals surface area contributed by atoms with Gasteiger partial charge in [-0.3, -0.25) is 4.99 Å². The van der Waals surface area contributed by atoms with E-state index in [9.17, 15) is 4.79 Å². The number of ether oxygens (including phenoxy) is 3. The van der Waals surface area contributed by atoms with Crippen molar-refractivity contribution in [1.82, 2.24) is 9.80 Å². The molecule has 2 aliphatic heterocycles. The van der Waals surface area contributed by atoms with Gasteiger partial charge in [0.15, 0.2) is 5.96 Å². The summed E-state index contributed by atoms with van der Waals surface area (Å²) >= 11 is 0. The Morgan fingerprint density at radius 2 is 1.88 bits per heavy atom. The molecule has 8 nitrogen and oxygen atoms in total. The van der Waals surface area contributed by atoms with Crippen molar-refractivity contribution < 1.29 is 19.0 Å². The Labute approximate surface area is 173 Å². The molecule has 2 rings (SSSR count). The first-order valence-corrected chi connectivity index (χ1v) is 9.07. The molecular formula is C17H33IN4O4. The predicted octanol–water partition coefficient (Wildman–Crippen LogP) is 1.67. The van der Waals surface area contributed by atoms with Crippen LogP contribution in [-0.4, -0.2) is 86.1 Å². The van der Waals surface area contributed by atoms with E-state index in [4.69, 9.17) is 19.9 Å². The third kappa shape index (κ3) is 8.26. The molecule has 2 aliphatic rings. The van der Waals surface area contributed by atoms with Gasteiger partial charge >= 0.3 is 6.09 Å². The summed E-state index contributed by atoms with van der Waals surface area (Å²) in [4.78, 5) is 20.2. The molecule has 2 N–H and O–H groups in total. The smallest absolute Gasteiger partial charge is 0.410 e. The molecule has 0 bridgehead atoms. The molecule has 2 saturated heterocycles. The van der Waals surface area contributed by atoms with Crippen molar-refractivity contribution in [3.8, 4) is 0 Å². The first-order chi connectivity index (χ1) is 11.8. The average molecular weight is 484 g/mol. The van der Waals surface area contributed by atoms with E-state index in [1.807, 2.05) is 25.7 Å². The fourth-order valence-corrected chi connectivity index (χ4v) is 2.70. The van der Waals surface area contributed by atoms with Gasteiger partial charge < -0.3 is 29.7 Å². The zero-order chi connectivity index (χ0) is 18.3. The first-order valence-electron chi connectivity index (χ1n) is 9.07. The predicted molar refractivity (Wildman–Crippen MR) is 111 cm³/mol. The maximum absolute atomic E-state index is 12.0. The quantitative estimate of drug-likeness (QED) is 0.277. The van der Waals surface area contributed by atoms with Crippen LogP contribution in [0.4, 0.5) is 4.79 Å². The summed E-state index contributed by atoms with van der Waals surface area (Å²) in [6, 6.07) is 0. The van der Waals surface area contributed by atoms with Crippen LogP contribution < -0.4 is 5.73 Å². The SMILES string of the molecule is CC(C)(C)OC(=O)N1CCN(C(N)=NCCCOC2CCOC2)CC1.I. The number of amides is 1. The molecule has 0 aliphatic carbocycles. The summed E-state index contributed by atoms with van der Waals surface area (Å²) < 4.78 is 16.4. The van der Waals surface area contributed by atoms with Crippen LogP contribution in [0.15, 0.2) is 4.99 Å². The minimum atomic E-state index is -0.471. The van der Waals surface area contributed by atoms with Gasteiger partial charge in [-0.2, -0.15) is 0 Å². The van der Waals surface area contributed by atoms with Gasteiger partial charge in [0, 0.05) is 45.9 Å². The van der Waals surface area contributed by atoms with Crippen LogP contribution in [0.1, 0.15) is 33.6 Å². The van der Waals surface area contributed by atoms with E-state index < -0.39 is 5.60 Å². The molecule has 1 atom stereocenters. The first kappa shape index (κ1) is 23.2. The molecule has 2 heterocycles. The minimum Gasteiger partial charge on any atom is -0.444 e. The number of halogens is 1. The van der Waals surface area contributed by atoms with Gasteiger partial charge in [0.25, 0.3) is 0 Å². The number of carbonyl (C=O) groups excluding carboxylic acids is 1. The number of piperazine rings is 1. The summed E-state index contributed by atoms with van der Waals surface area (Å²) in [6.45, 7) is 11.0. The number of aliphatic imine (C=N–C) groups is 1. The lowest BCUT2D eigenvalue weighted by Crippen LogP contribution is -2.53. The molecule has 0 saturated carbocycles. The zero-order valence-electron chi connectivity index (χ0n) is 16.1. The van der Waals surface area contributed by atoms with E-state index in [-0.39, 0.29) is 36.2 Å². The Bertz CT molecular complexity index is 456. The molecular weight excluding hydrogens is 451 g/mol. The van der Waals surface area contributed by atoms with Gasteiger partial charge in [-0.1, -0.05) is 0 Å². The number of carbonyl (C=O) groups is 1. The number of rotatable bonds is 5. The van der Waals surface area contributed by atoms with Crippen LogP contribution in [0.3, 0.4) is 0 Å². The summed E-state index contributed by atoms with van der Waals surface area (Å²) in [6.07, 6.45) is 1.79. The standard InChI is InChI=1S/C17H32N4O4.HI/c1-17(2,3)25-16(22)21-9-7-20(8-10-21)15(18)19-6-4-11-24-14-5-12-23-13-14;/h14H,4-13H2,1-3H3,(H2,18,19);1H. The van der Waals surface area contributed by atoms with Gasteiger partial charge in [0.05, 0.1) is 12.7 Å². The van der Waals surface area contributed by atoms with Crippen molar-refractivity contribution in [2.75, 3.05) is 52.5 Å². The molecule has 0 aromatic carbocycles. The summed E-state index contributed by atoms with van der Waals surface area (Å²) in [5.74, 6) is 0.535. The fraction of sp³-hybridized carbons (Fsp3) is 0.882. The number of guanidine groups is 1. The van der Waals surface area contributed by atoms with Crippen molar-refractivity contribution in [2.45, 2.75) is 45.3 Å². The second kappa shape index (κ2) is 11.1. The molecule has 26 heavy (non-hydrogen) atoms. The largest absolute Gasteiger partial charge is 0.444 e. The van der Waals surface area contributed by atoms with Gasteiger partial charge in [-0.15, -0.1) is 24.0 Å². The highest BCUT2D eigenvalue weighted by molar-refractivity contribution is 14.0. The van der Waals surface area contributed by atoms with Crippen molar-refractivity contribution in [1.29, 1.82) is 0 Å². The van der Waals surface area contributed by atoms with E-state index >= 15 is 0 Å². The Morgan fingerprint density at radius 1 is 1.23 bits per heavy atom. The maximum Gasteiger partial charge on any atom is 0.410 e. The van der Waals surface area contributed by atoms with Crippen molar-refractivity contribution >= 4 is 36.0 Å². The van der Waals surface area contributed by atoms with Crippen LogP contribution in [0.5, 0.6) is 0 Å². The van der Waals surface area contributed by atoms with Gasteiger partial charge in [0.2, 0.25) is 0 Å². The molecule has 0 aromatic heterocycles. The van der Waals surface area contributed by atoms with Crippen molar-refractivity contribution in [3.63, 3.8) is 0 Å². The maximum atomic E-state index is 12.0. The Hall–Kier alpha value is -0.810. The molecule has 9 heteroatoms.